The van der Waals surface area contributed by atoms with Gasteiger partial charge in [-0.25, -0.2) is 0 Å². The van der Waals surface area contributed by atoms with Gasteiger partial charge in [0.2, 0.25) is 0 Å². The molecule has 0 spiro atoms. The Morgan fingerprint density at radius 3 is 1.92 bits per heavy atom. The second-order valence-electron chi connectivity index (χ2n) is 2.43. The van der Waals surface area contributed by atoms with Crippen LogP contribution in [0.3, 0.4) is 0 Å². The van der Waals surface area contributed by atoms with Crippen LogP contribution in [0.4, 0.5) is 0 Å². The van der Waals surface area contributed by atoms with Gasteiger partial charge in [-0.3, -0.25) is 0 Å². The molecular weight excluding hydrogens is 164 g/mol. The van der Waals surface area contributed by atoms with Crippen LogP contribution in [-0.2, 0) is 9.47 Å². The Kier molecular flexibility index (Phi) is 12.2. The molecule has 0 aromatic rings. The molecule has 0 unspecified atom stereocenters. The van der Waals surface area contributed by atoms with Gasteiger partial charge in [0.1, 0.15) is 5.76 Å². The van der Waals surface area contributed by atoms with Gasteiger partial charge >= 0.3 is 0 Å². The zero-order valence-electron chi connectivity index (χ0n) is 9.09. The lowest BCUT2D eigenvalue weighted by molar-refractivity contribution is 0.215. The maximum absolute atomic E-state index is 4.78. The fourth-order valence-electron chi connectivity index (χ4n) is 0.303. The first-order valence-corrected chi connectivity index (χ1v) is 4.13. The van der Waals surface area contributed by atoms with Gasteiger partial charge in [-0.15, -0.1) is 0 Å². The molecule has 0 N–H and O–H groups in total. The Balaban J connectivity index is 0. The summed E-state index contributed by atoms with van der Waals surface area (Å²) in [6.45, 7) is 12.0. The first kappa shape index (κ1) is 14.5. The van der Waals surface area contributed by atoms with Crippen LogP contribution >= 0.6 is 0 Å². The minimum absolute atomic E-state index is 0.651. The van der Waals surface area contributed by atoms with Crippen LogP contribution in [0.1, 0.15) is 13.8 Å². The fraction of sp³-hybridized carbons (Fsp3) is 0.455. The van der Waals surface area contributed by atoms with Crippen LogP contribution in [0.25, 0.3) is 0 Å². The van der Waals surface area contributed by atoms with Gasteiger partial charge in [0.15, 0.2) is 0 Å². The maximum atomic E-state index is 4.78. The highest BCUT2D eigenvalue weighted by Crippen LogP contribution is 1.96. The quantitative estimate of drug-likeness (QED) is 0.494. The molecule has 2 heteroatoms. The molecule has 0 rings (SSSR count). The molecule has 76 valence electrons. The highest BCUT2D eigenvalue weighted by molar-refractivity contribution is 5.18. The Hall–Kier alpha value is -1.02. The Morgan fingerprint density at radius 2 is 1.69 bits per heavy atom. The largest absolute Gasteiger partial charge is 0.497 e. The summed E-state index contributed by atoms with van der Waals surface area (Å²) in [5.41, 5.74) is 0.994. The minimum Gasteiger partial charge on any atom is -0.497 e. The van der Waals surface area contributed by atoms with E-state index in [1.54, 1.807) is 20.3 Å². The Morgan fingerprint density at radius 1 is 1.23 bits per heavy atom. The zero-order valence-corrected chi connectivity index (χ0v) is 9.09. The first-order valence-electron chi connectivity index (χ1n) is 4.13. The molecular formula is C11H20O2. The van der Waals surface area contributed by atoms with Crippen LogP contribution in [0, 0.1) is 0 Å². The molecule has 0 aromatic heterocycles. The SMILES string of the molecule is C=C(C)/C=C\C(=C)OC.CCOC. The standard InChI is InChI=1S/C8H12O.C3H8O/c1-7(2)5-6-8(3)9-4;1-3-4-2/h5-6H,1,3H2,2,4H3;3H2,1-2H3/b6-5-;. The minimum atomic E-state index is 0.651. The van der Waals surface area contributed by atoms with Gasteiger partial charge in [-0.2, -0.15) is 0 Å². The van der Waals surface area contributed by atoms with Crippen molar-refractivity contribution < 1.29 is 9.47 Å². The topological polar surface area (TPSA) is 18.5 Å². The average molecular weight is 184 g/mol. The predicted molar refractivity (Wildman–Crippen MR) is 57.7 cm³/mol. The molecule has 0 heterocycles. The van der Waals surface area contributed by atoms with Gasteiger partial charge in [-0.05, 0) is 19.9 Å². The summed E-state index contributed by atoms with van der Waals surface area (Å²) in [4.78, 5) is 0. The number of ether oxygens (including phenoxy) is 2. The van der Waals surface area contributed by atoms with E-state index < -0.39 is 0 Å². The van der Waals surface area contributed by atoms with Crippen LogP contribution in [0.15, 0.2) is 36.6 Å². The summed E-state index contributed by atoms with van der Waals surface area (Å²) in [5.74, 6) is 0.651. The monoisotopic (exact) mass is 184 g/mol. The molecule has 0 aliphatic carbocycles. The normalized spacial score (nSPS) is 8.92. The summed E-state index contributed by atoms with van der Waals surface area (Å²) >= 11 is 0. The van der Waals surface area contributed by atoms with Gasteiger partial charge in [0, 0.05) is 13.7 Å². The molecule has 0 bridgehead atoms. The lowest BCUT2D eigenvalue weighted by atomic mass is 10.3. The first-order chi connectivity index (χ1) is 6.08. The average Bonchev–Trinajstić information content (AvgIpc) is 2.14. The van der Waals surface area contributed by atoms with E-state index in [0.717, 1.165) is 12.2 Å². The molecule has 0 atom stereocenters. The van der Waals surface area contributed by atoms with Crippen molar-refractivity contribution in [2.24, 2.45) is 0 Å². The lowest BCUT2D eigenvalue weighted by Crippen LogP contribution is -1.76. The van der Waals surface area contributed by atoms with Crippen molar-refractivity contribution in [2.45, 2.75) is 13.8 Å². The fourth-order valence-corrected chi connectivity index (χ4v) is 0.303. The zero-order chi connectivity index (χ0) is 10.7. The third-order valence-electron chi connectivity index (χ3n) is 1.10. The lowest BCUT2D eigenvalue weighted by Gasteiger charge is -1.93. The van der Waals surface area contributed by atoms with E-state index in [-0.39, 0.29) is 0 Å². The van der Waals surface area contributed by atoms with E-state index in [9.17, 15) is 0 Å². The molecule has 0 saturated carbocycles. The van der Waals surface area contributed by atoms with E-state index in [1.807, 2.05) is 19.9 Å². The molecule has 0 amide bonds. The highest BCUT2D eigenvalue weighted by atomic mass is 16.5. The van der Waals surface area contributed by atoms with E-state index >= 15 is 0 Å². The van der Waals surface area contributed by atoms with E-state index in [2.05, 4.69) is 17.9 Å². The number of rotatable bonds is 4. The van der Waals surface area contributed by atoms with Crippen LogP contribution in [-0.4, -0.2) is 20.8 Å². The summed E-state index contributed by atoms with van der Waals surface area (Å²) in [6.07, 6.45) is 3.63. The smallest absolute Gasteiger partial charge is 0.111 e. The van der Waals surface area contributed by atoms with E-state index in [4.69, 9.17) is 4.74 Å². The van der Waals surface area contributed by atoms with Crippen LogP contribution in [0.2, 0.25) is 0 Å². The van der Waals surface area contributed by atoms with Gasteiger partial charge in [0.25, 0.3) is 0 Å². The van der Waals surface area contributed by atoms with Crippen molar-refractivity contribution in [2.75, 3.05) is 20.8 Å². The number of allylic oxidation sites excluding steroid dienone is 3. The van der Waals surface area contributed by atoms with Gasteiger partial charge in [-0.1, -0.05) is 24.8 Å². The van der Waals surface area contributed by atoms with Crippen LogP contribution in [0.5, 0.6) is 0 Å². The number of hydrogen-bond acceptors (Lipinski definition) is 2. The predicted octanol–water partition coefficient (Wildman–Crippen LogP) is 2.93. The van der Waals surface area contributed by atoms with Crippen molar-refractivity contribution in [3.05, 3.63) is 36.6 Å². The third-order valence-corrected chi connectivity index (χ3v) is 1.10. The Labute approximate surface area is 81.6 Å². The highest BCUT2D eigenvalue weighted by Gasteiger charge is 1.79. The summed E-state index contributed by atoms with van der Waals surface area (Å²) in [6, 6.07) is 0. The second kappa shape index (κ2) is 11.0. The maximum Gasteiger partial charge on any atom is 0.111 e. The summed E-state index contributed by atoms with van der Waals surface area (Å²) < 4.78 is 9.32. The van der Waals surface area contributed by atoms with Crippen molar-refractivity contribution in [3.8, 4) is 0 Å². The molecule has 0 radical (unpaired) electrons. The van der Waals surface area contributed by atoms with Gasteiger partial charge in [0.05, 0.1) is 7.11 Å². The van der Waals surface area contributed by atoms with Crippen molar-refractivity contribution in [3.63, 3.8) is 0 Å². The second-order valence-corrected chi connectivity index (χ2v) is 2.43. The van der Waals surface area contributed by atoms with Gasteiger partial charge < -0.3 is 9.47 Å². The third kappa shape index (κ3) is 18.2. The molecule has 0 aromatic carbocycles. The van der Waals surface area contributed by atoms with E-state index in [0.29, 0.717) is 5.76 Å². The van der Waals surface area contributed by atoms with Crippen molar-refractivity contribution in [1.82, 2.24) is 0 Å². The summed E-state index contributed by atoms with van der Waals surface area (Å²) in [5, 5.41) is 0. The molecule has 0 aliphatic heterocycles. The van der Waals surface area contributed by atoms with Crippen molar-refractivity contribution in [1.29, 1.82) is 0 Å². The molecule has 0 aliphatic rings. The van der Waals surface area contributed by atoms with E-state index in [1.165, 1.54) is 0 Å². The molecule has 13 heavy (non-hydrogen) atoms. The molecule has 2 nitrogen and oxygen atoms in total. The van der Waals surface area contributed by atoms with Crippen LogP contribution < -0.4 is 0 Å². The summed E-state index contributed by atoms with van der Waals surface area (Å²) in [7, 11) is 3.27. The molecule has 0 saturated heterocycles. The van der Waals surface area contributed by atoms with Crippen molar-refractivity contribution >= 4 is 0 Å². The molecule has 0 fully saturated rings. The number of methoxy groups -OCH3 is 2. The Bertz CT molecular complexity index is 167. The number of hydrogen-bond donors (Lipinski definition) is 0.